The molecule has 6 nitrogen and oxygen atoms in total. The molecule has 1 heterocycles. The van der Waals surface area contributed by atoms with Crippen molar-refractivity contribution in [1.82, 2.24) is 14.5 Å². The fourth-order valence-electron chi connectivity index (χ4n) is 2.83. The molecule has 1 N–H and O–H groups in total. The van der Waals surface area contributed by atoms with E-state index in [2.05, 4.69) is 17.1 Å². The second-order valence-corrected chi connectivity index (χ2v) is 8.45. The predicted octanol–water partition coefficient (Wildman–Crippen LogP) is 1.61. The Hall–Kier alpha value is -1.44. The first kappa shape index (κ1) is 19.9. The van der Waals surface area contributed by atoms with Gasteiger partial charge in [0.2, 0.25) is 15.9 Å². The number of carbonyl (C=O) groups excluding carboxylic acids is 1. The van der Waals surface area contributed by atoms with Crippen molar-refractivity contribution in [2.45, 2.75) is 38.0 Å². The van der Waals surface area contributed by atoms with E-state index in [1.807, 2.05) is 19.1 Å². The summed E-state index contributed by atoms with van der Waals surface area (Å²) in [5, 5.41) is 2.92. The first-order chi connectivity index (χ1) is 11.9. The lowest BCUT2D eigenvalue weighted by Gasteiger charge is -2.34. The quantitative estimate of drug-likeness (QED) is 0.758. The number of sulfonamides is 1. The van der Waals surface area contributed by atoms with Crippen LogP contribution in [0, 0.1) is 6.92 Å². The molecule has 0 radical (unpaired) electrons. The van der Waals surface area contributed by atoms with Gasteiger partial charge in [0.1, 0.15) is 0 Å². The summed E-state index contributed by atoms with van der Waals surface area (Å²) >= 11 is 0. The lowest BCUT2D eigenvalue weighted by molar-refractivity contribution is -0.121. The topological polar surface area (TPSA) is 69.7 Å². The molecule has 0 aromatic heterocycles. The maximum atomic E-state index is 12.7. The summed E-state index contributed by atoms with van der Waals surface area (Å²) in [4.78, 5) is 14.1. The first-order valence-electron chi connectivity index (χ1n) is 8.99. The Labute approximate surface area is 151 Å². The van der Waals surface area contributed by atoms with E-state index in [0.717, 1.165) is 24.9 Å². The third kappa shape index (κ3) is 5.80. The highest BCUT2D eigenvalue weighted by molar-refractivity contribution is 7.89. The van der Waals surface area contributed by atoms with E-state index in [1.165, 1.54) is 0 Å². The van der Waals surface area contributed by atoms with E-state index in [0.29, 0.717) is 44.0 Å². The van der Waals surface area contributed by atoms with Gasteiger partial charge in [-0.2, -0.15) is 4.31 Å². The van der Waals surface area contributed by atoms with Crippen LogP contribution in [0.3, 0.4) is 0 Å². The molecule has 0 spiro atoms. The van der Waals surface area contributed by atoms with Crippen LogP contribution in [0.4, 0.5) is 0 Å². The number of hydrogen-bond donors (Lipinski definition) is 1. The maximum absolute atomic E-state index is 12.7. The van der Waals surface area contributed by atoms with E-state index in [1.54, 1.807) is 16.4 Å². The van der Waals surface area contributed by atoms with Crippen LogP contribution < -0.4 is 5.32 Å². The fraction of sp³-hybridized carbons (Fsp3) is 0.611. The van der Waals surface area contributed by atoms with E-state index < -0.39 is 10.0 Å². The maximum Gasteiger partial charge on any atom is 0.243 e. The van der Waals surface area contributed by atoms with Crippen molar-refractivity contribution in [3.8, 4) is 0 Å². The number of benzene rings is 1. The Morgan fingerprint density at radius 1 is 1.12 bits per heavy atom. The van der Waals surface area contributed by atoms with Gasteiger partial charge in [0, 0.05) is 45.7 Å². The van der Waals surface area contributed by atoms with Crippen LogP contribution in [0.25, 0.3) is 0 Å². The molecular weight excluding hydrogens is 338 g/mol. The van der Waals surface area contributed by atoms with Gasteiger partial charge in [-0.25, -0.2) is 8.42 Å². The molecule has 1 amide bonds. The Balaban J connectivity index is 1.77. The Morgan fingerprint density at radius 2 is 1.76 bits per heavy atom. The molecule has 0 unspecified atom stereocenters. The van der Waals surface area contributed by atoms with Gasteiger partial charge in [-0.3, -0.25) is 9.69 Å². The largest absolute Gasteiger partial charge is 0.355 e. The third-order valence-corrected chi connectivity index (χ3v) is 6.41. The average molecular weight is 368 g/mol. The van der Waals surface area contributed by atoms with Gasteiger partial charge in [-0.15, -0.1) is 0 Å². The van der Waals surface area contributed by atoms with E-state index >= 15 is 0 Å². The number of hydrogen-bond acceptors (Lipinski definition) is 4. The van der Waals surface area contributed by atoms with E-state index in [-0.39, 0.29) is 5.91 Å². The highest BCUT2D eigenvalue weighted by Gasteiger charge is 2.28. The Kier molecular flexibility index (Phi) is 7.40. The van der Waals surface area contributed by atoms with Crippen LogP contribution in [0.5, 0.6) is 0 Å². The summed E-state index contributed by atoms with van der Waals surface area (Å²) in [5.74, 6) is 0.0995. The van der Waals surface area contributed by atoms with Crippen molar-refractivity contribution < 1.29 is 13.2 Å². The summed E-state index contributed by atoms with van der Waals surface area (Å²) < 4.78 is 26.9. The molecule has 1 aromatic rings. The molecule has 1 aliphatic rings. The number of carbonyl (C=O) groups is 1. The molecule has 0 saturated carbocycles. The molecule has 2 rings (SSSR count). The Bertz CT molecular complexity index is 651. The molecular formula is C18H29N3O3S. The smallest absolute Gasteiger partial charge is 0.243 e. The van der Waals surface area contributed by atoms with Crippen molar-refractivity contribution >= 4 is 15.9 Å². The first-order valence-corrected chi connectivity index (χ1v) is 10.4. The lowest BCUT2D eigenvalue weighted by Crippen LogP contribution is -2.50. The summed E-state index contributed by atoms with van der Waals surface area (Å²) in [6.07, 6.45) is 2.52. The van der Waals surface area contributed by atoms with Crippen LogP contribution >= 0.6 is 0 Å². The summed E-state index contributed by atoms with van der Waals surface area (Å²) in [6.45, 7) is 7.74. The van der Waals surface area contributed by atoms with Crippen LogP contribution in [0.1, 0.15) is 31.7 Å². The van der Waals surface area contributed by atoms with Gasteiger partial charge in [0.05, 0.1) is 4.90 Å². The molecule has 7 heteroatoms. The number of rotatable bonds is 8. The monoisotopic (exact) mass is 367 g/mol. The van der Waals surface area contributed by atoms with Crippen LogP contribution in [0.15, 0.2) is 29.2 Å². The number of unbranched alkanes of at least 4 members (excludes halogenated alkanes) is 1. The van der Waals surface area contributed by atoms with Gasteiger partial charge in [0.25, 0.3) is 0 Å². The minimum atomic E-state index is -3.41. The minimum absolute atomic E-state index is 0.0995. The van der Waals surface area contributed by atoms with Crippen molar-refractivity contribution in [3.05, 3.63) is 29.8 Å². The molecule has 0 atom stereocenters. The van der Waals surface area contributed by atoms with Gasteiger partial charge in [-0.1, -0.05) is 31.0 Å². The highest BCUT2D eigenvalue weighted by Crippen LogP contribution is 2.18. The number of piperazine rings is 1. The zero-order valence-corrected chi connectivity index (χ0v) is 16.0. The molecule has 0 aliphatic carbocycles. The van der Waals surface area contributed by atoms with Crippen LogP contribution in [-0.2, 0) is 14.8 Å². The molecule has 1 saturated heterocycles. The summed E-state index contributed by atoms with van der Waals surface area (Å²) in [5.41, 5.74) is 1.05. The number of nitrogens with zero attached hydrogens (tertiary/aromatic N) is 2. The summed E-state index contributed by atoms with van der Waals surface area (Å²) in [6, 6.07) is 6.99. The second-order valence-electron chi connectivity index (χ2n) is 6.51. The molecule has 25 heavy (non-hydrogen) atoms. The normalized spacial score (nSPS) is 16.7. The SMILES string of the molecule is CCCCC(=O)NCCN1CCN(S(=O)(=O)c2ccc(C)cc2)CC1. The van der Waals surface area contributed by atoms with E-state index in [9.17, 15) is 13.2 Å². The van der Waals surface area contributed by atoms with Gasteiger partial charge >= 0.3 is 0 Å². The molecule has 1 aliphatic heterocycles. The predicted molar refractivity (Wildman–Crippen MR) is 98.9 cm³/mol. The zero-order chi connectivity index (χ0) is 18.3. The van der Waals surface area contributed by atoms with Crippen molar-refractivity contribution in [3.63, 3.8) is 0 Å². The van der Waals surface area contributed by atoms with Crippen molar-refractivity contribution in [2.75, 3.05) is 39.3 Å². The zero-order valence-electron chi connectivity index (χ0n) is 15.2. The fourth-order valence-corrected chi connectivity index (χ4v) is 4.25. The Morgan fingerprint density at radius 3 is 2.36 bits per heavy atom. The van der Waals surface area contributed by atoms with Crippen molar-refractivity contribution in [2.24, 2.45) is 0 Å². The molecule has 1 aromatic carbocycles. The summed E-state index contributed by atoms with van der Waals surface area (Å²) in [7, 11) is -3.41. The highest BCUT2D eigenvalue weighted by atomic mass is 32.2. The standard InChI is InChI=1S/C18H29N3O3S/c1-3-4-5-18(22)19-10-11-20-12-14-21(15-13-20)25(23,24)17-8-6-16(2)7-9-17/h6-9H,3-5,10-15H2,1-2H3,(H,19,22). The molecule has 140 valence electrons. The van der Waals surface area contributed by atoms with Crippen molar-refractivity contribution in [1.29, 1.82) is 0 Å². The van der Waals surface area contributed by atoms with Gasteiger partial charge in [0.15, 0.2) is 0 Å². The number of amides is 1. The number of aryl methyl sites for hydroxylation is 1. The lowest BCUT2D eigenvalue weighted by atomic mass is 10.2. The van der Waals surface area contributed by atoms with Gasteiger partial charge < -0.3 is 5.32 Å². The van der Waals surface area contributed by atoms with Crippen LogP contribution in [0.2, 0.25) is 0 Å². The van der Waals surface area contributed by atoms with E-state index in [4.69, 9.17) is 0 Å². The minimum Gasteiger partial charge on any atom is -0.355 e. The van der Waals surface area contributed by atoms with Gasteiger partial charge in [-0.05, 0) is 25.5 Å². The number of nitrogens with one attached hydrogen (secondary N) is 1. The molecule has 0 bridgehead atoms. The average Bonchev–Trinajstić information content (AvgIpc) is 2.61. The third-order valence-electron chi connectivity index (χ3n) is 4.50. The second kappa shape index (κ2) is 9.31. The van der Waals surface area contributed by atoms with Crippen LogP contribution in [-0.4, -0.2) is 62.8 Å². The molecule has 1 fully saturated rings.